The van der Waals surface area contributed by atoms with Crippen LogP contribution in [-0.2, 0) is 0 Å². The van der Waals surface area contributed by atoms with E-state index in [1.807, 2.05) is 37.3 Å². The Morgan fingerprint density at radius 1 is 1.00 bits per heavy atom. The summed E-state index contributed by atoms with van der Waals surface area (Å²) in [5, 5.41) is 0.516. The highest BCUT2D eigenvalue weighted by molar-refractivity contribution is 7.12. The number of thiophene rings is 1. The molecule has 4 heteroatoms. The molecule has 2 aromatic heterocycles. The molecule has 0 saturated carbocycles. The zero-order valence-corrected chi connectivity index (χ0v) is 13.7. The van der Waals surface area contributed by atoms with Crippen LogP contribution in [0.4, 0.5) is 0 Å². The summed E-state index contributed by atoms with van der Waals surface area (Å²) in [6.07, 6.45) is 0. The van der Waals surface area contributed by atoms with Crippen molar-refractivity contribution in [3.8, 4) is 22.6 Å². The van der Waals surface area contributed by atoms with Gasteiger partial charge in [-0.25, -0.2) is 9.97 Å². The maximum atomic E-state index is 6.33. The fraction of sp³-hybridized carbons (Fsp3) is 0.176. The van der Waals surface area contributed by atoms with Crippen LogP contribution in [0.5, 0.6) is 0 Å². The zero-order chi connectivity index (χ0) is 15.0. The molecule has 106 valence electrons. The molecule has 1 aromatic carbocycles. The fourth-order valence-corrected chi connectivity index (χ4v) is 3.43. The van der Waals surface area contributed by atoms with E-state index in [-0.39, 0.29) is 0 Å². The second-order valence-electron chi connectivity index (χ2n) is 5.00. The van der Waals surface area contributed by atoms with Gasteiger partial charge in [-0.3, -0.25) is 0 Å². The van der Waals surface area contributed by atoms with E-state index in [4.69, 9.17) is 16.6 Å². The van der Waals surface area contributed by atoms with E-state index in [0.29, 0.717) is 11.0 Å². The molecule has 0 aliphatic heterocycles. The summed E-state index contributed by atoms with van der Waals surface area (Å²) in [6, 6.07) is 12.2. The van der Waals surface area contributed by atoms with E-state index >= 15 is 0 Å². The van der Waals surface area contributed by atoms with Gasteiger partial charge in [0.25, 0.3) is 0 Å². The van der Waals surface area contributed by atoms with Crippen LogP contribution in [0.3, 0.4) is 0 Å². The molecule has 0 radical (unpaired) electrons. The molecule has 3 rings (SSSR count). The highest BCUT2D eigenvalue weighted by Crippen LogP contribution is 2.32. The van der Waals surface area contributed by atoms with Crippen molar-refractivity contribution < 1.29 is 0 Å². The van der Waals surface area contributed by atoms with Crippen LogP contribution in [0, 0.1) is 20.8 Å². The zero-order valence-electron chi connectivity index (χ0n) is 12.1. The Morgan fingerprint density at radius 2 is 1.71 bits per heavy atom. The van der Waals surface area contributed by atoms with Crippen molar-refractivity contribution in [2.24, 2.45) is 0 Å². The lowest BCUT2D eigenvalue weighted by Gasteiger charge is -2.09. The van der Waals surface area contributed by atoms with Crippen molar-refractivity contribution in [1.29, 1.82) is 0 Å². The Labute approximate surface area is 133 Å². The Balaban J connectivity index is 2.21. The van der Waals surface area contributed by atoms with Gasteiger partial charge < -0.3 is 0 Å². The molecule has 0 spiro atoms. The molecular formula is C17H15ClN2S. The Hall–Kier alpha value is -1.71. The summed E-state index contributed by atoms with van der Waals surface area (Å²) in [4.78, 5) is 11.7. The number of halogens is 1. The average Bonchev–Trinajstić information content (AvgIpc) is 2.81. The third kappa shape index (κ3) is 2.71. The molecule has 0 fully saturated rings. The van der Waals surface area contributed by atoms with Crippen LogP contribution >= 0.6 is 22.9 Å². The first kappa shape index (κ1) is 14.2. The molecule has 0 bridgehead atoms. The lowest BCUT2D eigenvalue weighted by Crippen LogP contribution is -1.97. The van der Waals surface area contributed by atoms with E-state index in [9.17, 15) is 0 Å². The van der Waals surface area contributed by atoms with Crippen molar-refractivity contribution in [1.82, 2.24) is 9.97 Å². The summed E-state index contributed by atoms with van der Waals surface area (Å²) in [5.41, 5.74) is 3.94. The highest BCUT2D eigenvalue weighted by Gasteiger charge is 2.15. The molecule has 0 amide bonds. The van der Waals surface area contributed by atoms with Gasteiger partial charge >= 0.3 is 0 Å². The normalized spacial score (nSPS) is 10.9. The van der Waals surface area contributed by atoms with Crippen LogP contribution in [0.2, 0.25) is 5.15 Å². The minimum absolute atomic E-state index is 0.516. The first-order valence-corrected chi connectivity index (χ1v) is 7.92. The van der Waals surface area contributed by atoms with Crippen LogP contribution < -0.4 is 0 Å². The SMILES string of the molecule is Cc1cc(-c2nc(Cl)c(C)c(-c3ccccc3)n2)c(C)s1. The molecular weight excluding hydrogens is 300 g/mol. The minimum Gasteiger partial charge on any atom is -0.228 e. The van der Waals surface area contributed by atoms with Crippen molar-refractivity contribution >= 4 is 22.9 Å². The lowest BCUT2D eigenvalue weighted by atomic mass is 10.1. The maximum Gasteiger partial charge on any atom is 0.162 e. The maximum absolute atomic E-state index is 6.33. The summed E-state index contributed by atoms with van der Waals surface area (Å²) < 4.78 is 0. The first-order valence-electron chi connectivity index (χ1n) is 6.73. The number of nitrogens with zero attached hydrogens (tertiary/aromatic N) is 2. The number of benzene rings is 1. The number of hydrogen-bond donors (Lipinski definition) is 0. The lowest BCUT2D eigenvalue weighted by molar-refractivity contribution is 1.14. The van der Waals surface area contributed by atoms with Crippen LogP contribution in [0.25, 0.3) is 22.6 Å². The predicted molar refractivity (Wildman–Crippen MR) is 90.0 cm³/mol. The smallest absolute Gasteiger partial charge is 0.162 e. The summed E-state index contributed by atoms with van der Waals surface area (Å²) in [7, 11) is 0. The van der Waals surface area contributed by atoms with Crippen LogP contribution in [0.1, 0.15) is 15.3 Å². The number of aryl methyl sites for hydroxylation is 2. The average molecular weight is 315 g/mol. The van der Waals surface area contributed by atoms with E-state index in [1.165, 1.54) is 9.75 Å². The molecule has 0 aliphatic rings. The topological polar surface area (TPSA) is 25.8 Å². The Kier molecular flexibility index (Phi) is 3.79. The van der Waals surface area contributed by atoms with E-state index in [1.54, 1.807) is 11.3 Å². The van der Waals surface area contributed by atoms with Crippen molar-refractivity contribution in [3.63, 3.8) is 0 Å². The Morgan fingerprint density at radius 3 is 2.33 bits per heavy atom. The highest BCUT2D eigenvalue weighted by atomic mass is 35.5. The minimum atomic E-state index is 0.516. The molecule has 0 saturated heterocycles. The van der Waals surface area contributed by atoms with E-state index in [2.05, 4.69) is 24.9 Å². The quantitative estimate of drug-likeness (QED) is 0.588. The molecule has 0 atom stereocenters. The summed E-state index contributed by atoms with van der Waals surface area (Å²) in [6.45, 7) is 6.14. The van der Waals surface area contributed by atoms with Gasteiger partial charge in [0, 0.05) is 26.4 Å². The third-order valence-corrected chi connectivity index (χ3v) is 4.75. The first-order chi connectivity index (χ1) is 10.1. The molecule has 0 N–H and O–H groups in total. The fourth-order valence-electron chi connectivity index (χ4n) is 2.34. The molecule has 0 aliphatic carbocycles. The molecule has 2 nitrogen and oxygen atoms in total. The molecule has 0 unspecified atom stereocenters. The summed E-state index contributed by atoms with van der Waals surface area (Å²) in [5.74, 6) is 0.700. The standard InChI is InChI=1S/C17H15ClN2S/c1-10-9-14(12(3)21-10)17-19-15(11(2)16(18)20-17)13-7-5-4-6-8-13/h4-9H,1-3H3. The van der Waals surface area contributed by atoms with E-state index in [0.717, 1.165) is 22.4 Å². The van der Waals surface area contributed by atoms with Crippen LogP contribution in [-0.4, -0.2) is 9.97 Å². The van der Waals surface area contributed by atoms with Crippen LogP contribution in [0.15, 0.2) is 36.4 Å². The largest absolute Gasteiger partial charge is 0.228 e. The molecule has 2 heterocycles. The monoisotopic (exact) mass is 314 g/mol. The second kappa shape index (κ2) is 5.58. The van der Waals surface area contributed by atoms with Gasteiger partial charge in [-0.05, 0) is 26.8 Å². The number of aromatic nitrogens is 2. The molecule has 21 heavy (non-hydrogen) atoms. The van der Waals surface area contributed by atoms with Gasteiger partial charge in [0.1, 0.15) is 5.15 Å². The Bertz CT molecular complexity index is 794. The predicted octanol–water partition coefficient (Wildman–Crippen LogP) is 5.45. The van der Waals surface area contributed by atoms with Gasteiger partial charge in [0.2, 0.25) is 0 Å². The number of hydrogen-bond acceptors (Lipinski definition) is 3. The van der Waals surface area contributed by atoms with Gasteiger partial charge in [-0.1, -0.05) is 41.9 Å². The van der Waals surface area contributed by atoms with Gasteiger partial charge in [0.05, 0.1) is 5.69 Å². The van der Waals surface area contributed by atoms with Gasteiger partial charge in [-0.2, -0.15) is 0 Å². The third-order valence-electron chi connectivity index (χ3n) is 3.42. The van der Waals surface area contributed by atoms with Crippen molar-refractivity contribution in [2.45, 2.75) is 20.8 Å². The van der Waals surface area contributed by atoms with Crippen molar-refractivity contribution in [3.05, 3.63) is 56.9 Å². The second-order valence-corrected chi connectivity index (χ2v) is 6.82. The summed E-state index contributed by atoms with van der Waals surface area (Å²) >= 11 is 8.08. The van der Waals surface area contributed by atoms with Crippen molar-refractivity contribution in [2.75, 3.05) is 0 Å². The van der Waals surface area contributed by atoms with Gasteiger partial charge in [-0.15, -0.1) is 11.3 Å². The molecule has 3 aromatic rings. The van der Waals surface area contributed by atoms with E-state index < -0.39 is 0 Å². The van der Waals surface area contributed by atoms with Gasteiger partial charge in [0.15, 0.2) is 5.82 Å². The number of rotatable bonds is 2.